The van der Waals surface area contributed by atoms with Crippen LogP contribution >= 0.6 is 0 Å². The summed E-state index contributed by atoms with van der Waals surface area (Å²) in [5.41, 5.74) is 1.81. The Bertz CT molecular complexity index is 403. The van der Waals surface area contributed by atoms with Crippen LogP contribution in [0.2, 0.25) is 0 Å². The molecular weight excluding hydrogens is 240 g/mol. The van der Waals surface area contributed by atoms with Gasteiger partial charge in [-0.2, -0.15) is 0 Å². The molecule has 0 bridgehead atoms. The molecule has 1 aliphatic rings. The van der Waals surface area contributed by atoms with Gasteiger partial charge in [-0.3, -0.25) is 0 Å². The van der Waals surface area contributed by atoms with Gasteiger partial charge in [0.2, 0.25) is 0 Å². The van der Waals surface area contributed by atoms with Gasteiger partial charge in [0.15, 0.2) is 0 Å². The second kappa shape index (κ2) is 6.87. The summed E-state index contributed by atoms with van der Waals surface area (Å²) < 4.78 is 0. The summed E-state index contributed by atoms with van der Waals surface area (Å²) in [7, 11) is 0. The van der Waals surface area contributed by atoms with Crippen LogP contribution in [-0.4, -0.2) is 34.4 Å². The number of nitrogens with zero attached hydrogens (tertiary/aromatic N) is 2. The Kier molecular flexibility index (Phi) is 5.16. The third kappa shape index (κ3) is 3.67. The normalized spacial score (nSPS) is 16.6. The summed E-state index contributed by atoms with van der Waals surface area (Å²) in [6.45, 7) is 2.74. The van der Waals surface area contributed by atoms with Crippen molar-refractivity contribution in [3.63, 3.8) is 0 Å². The van der Waals surface area contributed by atoms with E-state index in [1.807, 2.05) is 19.1 Å². The fourth-order valence-electron chi connectivity index (χ4n) is 2.94. The van der Waals surface area contributed by atoms with Crippen LogP contribution in [0.25, 0.3) is 0 Å². The molecule has 2 N–H and O–H groups in total. The summed E-state index contributed by atoms with van der Waals surface area (Å²) in [4.78, 5) is 6.79. The van der Waals surface area contributed by atoms with E-state index in [9.17, 15) is 10.2 Å². The maximum Gasteiger partial charge on any atom is 0.129 e. The molecule has 0 saturated heterocycles. The maximum atomic E-state index is 9.31. The van der Waals surface area contributed by atoms with Crippen molar-refractivity contribution in [2.45, 2.75) is 51.7 Å². The van der Waals surface area contributed by atoms with Crippen molar-refractivity contribution >= 4 is 5.82 Å². The minimum absolute atomic E-state index is 0.0357. The molecule has 0 radical (unpaired) electrons. The Hall–Kier alpha value is -1.13. The second-order valence-corrected chi connectivity index (χ2v) is 5.34. The van der Waals surface area contributed by atoms with Crippen molar-refractivity contribution in [2.24, 2.45) is 0 Å². The first kappa shape index (κ1) is 14.3. The average molecular weight is 264 g/mol. The summed E-state index contributed by atoms with van der Waals surface area (Å²) in [5, 5.41) is 18.6. The van der Waals surface area contributed by atoms with E-state index in [0.29, 0.717) is 12.6 Å². The topological polar surface area (TPSA) is 56.6 Å². The number of hydrogen-bond acceptors (Lipinski definition) is 4. The molecular formula is C15H24N2O2. The quantitative estimate of drug-likeness (QED) is 0.854. The van der Waals surface area contributed by atoms with Gasteiger partial charge in [0.1, 0.15) is 5.82 Å². The van der Waals surface area contributed by atoms with Crippen molar-refractivity contribution in [1.29, 1.82) is 0 Å². The number of aromatic nitrogens is 1. The van der Waals surface area contributed by atoms with Crippen LogP contribution < -0.4 is 4.90 Å². The fraction of sp³-hybridized carbons (Fsp3) is 0.667. The lowest BCUT2D eigenvalue weighted by Crippen LogP contribution is -2.39. The first-order chi connectivity index (χ1) is 9.24. The van der Waals surface area contributed by atoms with Gasteiger partial charge in [0, 0.05) is 18.3 Å². The van der Waals surface area contributed by atoms with Gasteiger partial charge in [0.25, 0.3) is 0 Å². The molecule has 1 aromatic rings. The van der Waals surface area contributed by atoms with Crippen LogP contribution in [0.3, 0.4) is 0 Å². The minimum Gasteiger partial charge on any atom is -0.395 e. The zero-order valence-corrected chi connectivity index (χ0v) is 11.7. The molecule has 1 heterocycles. The molecule has 0 unspecified atom stereocenters. The van der Waals surface area contributed by atoms with Gasteiger partial charge in [-0.1, -0.05) is 19.3 Å². The Balaban J connectivity index is 2.24. The van der Waals surface area contributed by atoms with Gasteiger partial charge in [-0.15, -0.1) is 0 Å². The van der Waals surface area contributed by atoms with Crippen molar-refractivity contribution < 1.29 is 10.2 Å². The highest BCUT2D eigenvalue weighted by Crippen LogP contribution is 2.27. The van der Waals surface area contributed by atoms with Crippen molar-refractivity contribution in [3.05, 3.63) is 23.4 Å². The lowest BCUT2D eigenvalue weighted by atomic mass is 9.94. The van der Waals surface area contributed by atoms with Crippen LogP contribution in [0.4, 0.5) is 5.82 Å². The lowest BCUT2D eigenvalue weighted by molar-refractivity contribution is 0.281. The van der Waals surface area contributed by atoms with Crippen LogP contribution in [0.5, 0.6) is 0 Å². The summed E-state index contributed by atoms with van der Waals surface area (Å²) in [6.07, 6.45) is 6.16. The Morgan fingerprint density at radius 1 is 1.21 bits per heavy atom. The predicted molar refractivity (Wildman–Crippen MR) is 76.2 cm³/mol. The van der Waals surface area contributed by atoms with Crippen molar-refractivity contribution in [3.8, 4) is 0 Å². The van der Waals surface area contributed by atoms with E-state index in [0.717, 1.165) is 17.1 Å². The zero-order chi connectivity index (χ0) is 13.7. The number of rotatable bonds is 5. The number of anilines is 1. The predicted octanol–water partition coefficient (Wildman–Crippen LogP) is 2.01. The van der Waals surface area contributed by atoms with Gasteiger partial charge in [0.05, 0.1) is 13.2 Å². The fourth-order valence-corrected chi connectivity index (χ4v) is 2.94. The highest BCUT2D eigenvalue weighted by Gasteiger charge is 2.22. The van der Waals surface area contributed by atoms with E-state index >= 15 is 0 Å². The van der Waals surface area contributed by atoms with Gasteiger partial charge in [-0.25, -0.2) is 4.98 Å². The number of pyridine rings is 1. The second-order valence-electron chi connectivity index (χ2n) is 5.34. The molecule has 0 aromatic carbocycles. The van der Waals surface area contributed by atoms with E-state index in [2.05, 4.69) is 9.88 Å². The molecule has 4 heteroatoms. The maximum absolute atomic E-state index is 9.31. The monoisotopic (exact) mass is 264 g/mol. The number of aliphatic hydroxyl groups excluding tert-OH is 2. The number of aryl methyl sites for hydroxylation is 1. The van der Waals surface area contributed by atoms with Crippen LogP contribution in [0, 0.1) is 6.92 Å². The molecule has 1 aromatic heterocycles. The van der Waals surface area contributed by atoms with Crippen molar-refractivity contribution in [1.82, 2.24) is 4.98 Å². The average Bonchev–Trinajstić information content (AvgIpc) is 2.45. The molecule has 0 amide bonds. The number of hydrogen-bond donors (Lipinski definition) is 2. The van der Waals surface area contributed by atoms with Gasteiger partial charge >= 0.3 is 0 Å². The van der Waals surface area contributed by atoms with Gasteiger partial charge < -0.3 is 15.1 Å². The van der Waals surface area contributed by atoms with Crippen LogP contribution in [0.15, 0.2) is 12.1 Å². The molecule has 1 saturated carbocycles. The highest BCUT2D eigenvalue weighted by molar-refractivity contribution is 5.43. The lowest BCUT2D eigenvalue weighted by Gasteiger charge is -2.35. The Labute approximate surface area is 115 Å². The van der Waals surface area contributed by atoms with E-state index in [-0.39, 0.29) is 13.2 Å². The Morgan fingerprint density at radius 2 is 1.95 bits per heavy atom. The third-order valence-electron chi connectivity index (χ3n) is 3.83. The Morgan fingerprint density at radius 3 is 2.58 bits per heavy atom. The van der Waals surface area contributed by atoms with E-state index in [4.69, 9.17) is 0 Å². The number of aliphatic hydroxyl groups is 2. The van der Waals surface area contributed by atoms with E-state index < -0.39 is 0 Å². The largest absolute Gasteiger partial charge is 0.395 e. The molecule has 106 valence electrons. The first-order valence-electron chi connectivity index (χ1n) is 7.20. The van der Waals surface area contributed by atoms with Crippen LogP contribution in [0.1, 0.15) is 43.4 Å². The molecule has 4 nitrogen and oxygen atoms in total. The van der Waals surface area contributed by atoms with Crippen LogP contribution in [-0.2, 0) is 6.61 Å². The molecule has 1 fully saturated rings. The molecule has 2 rings (SSSR count). The SMILES string of the molecule is Cc1cc(CO)cc(N(CCO)C2CCCCC2)n1. The smallest absolute Gasteiger partial charge is 0.129 e. The molecule has 0 atom stereocenters. The highest BCUT2D eigenvalue weighted by atomic mass is 16.3. The first-order valence-corrected chi connectivity index (χ1v) is 7.20. The molecule has 0 spiro atoms. The summed E-state index contributed by atoms with van der Waals surface area (Å²) >= 11 is 0. The van der Waals surface area contributed by atoms with Gasteiger partial charge in [-0.05, 0) is 37.5 Å². The molecule has 0 aliphatic heterocycles. The standard InChI is InChI=1S/C15H24N2O2/c1-12-9-13(11-19)10-15(16-12)17(7-8-18)14-5-3-2-4-6-14/h9-10,14,18-19H,2-8,11H2,1H3. The van der Waals surface area contributed by atoms with E-state index in [1.165, 1.54) is 32.1 Å². The molecule has 1 aliphatic carbocycles. The summed E-state index contributed by atoms with van der Waals surface area (Å²) in [6, 6.07) is 4.32. The third-order valence-corrected chi connectivity index (χ3v) is 3.83. The zero-order valence-electron chi connectivity index (χ0n) is 11.7. The van der Waals surface area contributed by atoms with E-state index in [1.54, 1.807) is 0 Å². The summed E-state index contributed by atoms with van der Waals surface area (Å²) in [5.74, 6) is 0.894. The molecule has 19 heavy (non-hydrogen) atoms. The van der Waals surface area contributed by atoms with Crippen molar-refractivity contribution in [2.75, 3.05) is 18.1 Å². The minimum atomic E-state index is 0.0357.